The molecule has 0 bridgehead atoms. The number of carboxylic acid groups (broad SMARTS) is 1. The van der Waals surface area contributed by atoms with Crippen LogP contribution in [0.4, 0.5) is 5.82 Å². The van der Waals surface area contributed by atoms with Crippen molar-refractivity contribution in [2.45, 2.75) is 32.1 Å². The van der Waals surface area contributed by atoms with Crippen LogP contribution in [-0.2, 0) is 4.79 Å². The van der Waals surface area contributed by atoms with Crippen molar-refractivity contribution >= 4 is 17.9 Å². The molecule has 2 heterocycles. The third-order valence-corrected chi connectivity index (χ3v) is 4.80. The van der Waals surface area contributed by atoms with Gasteiger partial charge < -0.3 is 10.0 Å². The zero-order valence-corrected chi connectivity index (χ0v) is 12.2. The van der Waals surface area contributed by atoms with Crippen molar-refractivity contribution in [3.05, 3.63) is 30.0 Å². The Kier molecular flexibility index (Phi) is 4.23. The lowest BCUT2D eigenvalue weighted by atomic mass is 9.75. The maximum atomic E-state index is 10.5. The summed E-state index contributed by atoms with van der Waals surface area (Å²) < 4.78 is 0. The summed E-state index contributed by atoms with van der Waals surface area (Å²) in [7, 11) is 0. The highest BCUT2D eigenvalue weighted by Gasteiger charge is 2.31. The predicted octanol–water partition coefficient (Wildman–Crippen LogP) is 3.20. The Morgan fingerprint density at radius 1 is 1.24 bits per heavy atom. The third kappa shape index (κ3) is 3.43. The van der Waals surface area contributed by atoms with Gasteiger partial charge in [-0.25, -0.2) is 9.78 Å². The quantitative estimate of drug-likeness (QED) is 0.867. The van der Waals surface area contributed by atoms with Gasteiger partial charge in [0.15, 0.2) is 0 Å². The van der Waals surface area contributed by atoms with Gasteiger partial charge in [-0.2, -0.15) is 0 Å². The number of carbonyl (C=O) groups is 1. The Morgan fingerprint density at radius 3 is 2.76 bits per heavy atom. The molecule has 0 amide bonds. The molecule has 21 heavy (non-hydrogen) atoms. The van der Waals surface area contributed by atoms with E-state index in [1.54, 1.807) is 12.3 Å². The number of carboxylic acids is 1. The van der Waals surface area contributed by atoms with Crippen LogP contribution in [0, 0.1) is 11.8 Å². The van der Waals surface area contributed by atoms with Crippen molar-refractivity contribution in [3.63, 3.8) is 0 Å². The minimum absolute atomic E-state index is 0.828. The van der Waals surface area contributed by atoms with Gasteiger partial charge in [0.05, 0.1) is 0 Å². The third-order valence-electron chi connectivity index (χ3n) is 4.80. The number of aliphatic carboxylic acids is 1. The number of rotatable bonds is 3. The molecule has 2 unspecified atom stereocenters. The summed E-state index contributed by atoms with van der Waals surface area (Å²) in [5, 5.41) is 8.63. The highest BCUT2D eigenvalue weighted by Crippen LogP contribution is 2.37. The van der Waals surface area contributed by atoms with Gasteiger partial charge in [-0.15, -0.1) is 0 Å². The fraction of sp³-hybridized carbons (Fsp3) is 0.529. The number of anilines is 1. The average Bonchev–Trinajstić information content (AvgIpc) is 2.53. The summed E-state index contributed by atoms with van der Waals surface area (Å²) in [6.45, 7) is 2.22. The molecule has 2 atom stereocenters. The van der Waals surface area contributed by atoms with Crippen molar-refractivity contribution in [2.24, 2.45) is 11.8 Å². The van der Waals surface area contributed by atoms with Crippen LogP contribution in [0.25, 0.3) is 6.08 Å². The number of hydrogen-bond donors (Lipinski definition) is 1. The predicted molar refractivity (Wildman–Crippen MR) is 83.2 cm³/mol. The highest BCUT2D eigenvalue weighted by molar-refractivity contribution is 5.85. The molecule has 4 heteroatoms. The fourth-order valence-corrected chi connectivity index (χ4v) is 3.66. The van der Waals surface area contributed by atoms with Crippen molar-refractivity contribution in [3.8, 4) is 0 Å². The highest BCUT2D eigenvalue weighted by atomic mass is 16.4. The molecule has 1 saturated carbocycles. The smallest absolute Gasteiger partial charge is 0.328 e. The van der Waals surface area contributed by atoms with Gasteiger partial charge in [0.2, 0.25) is 0 Å². The second-order valence-corrected chi connectivity index (χ2v) is 6.16. The molecule has 0 spiro atoms. The fourth-order valence-electron chi connectivity index (χ4n) is 3.66. The van der Waals surface area contributed by atoms with Crippen LogP contribution < -0.4 is 4.90 Å². The molecule has 112 valence electrons. The Labute approximate surface area is 125 Å². The molecule has 1 aromatic heterocycles. The molecule has 1 aliphatic carbocycles. The molecular formula is C17H22N2O2. The molecule has 3 rings (SSSR count). The standard InChI is InChI=1S/C17H22N2O2/c20-17(21)8-6-13-5-7-16(18-11-13)19-10-9-14-3-1-2-4-15(14)12-19/h5-8,11,14-15H,1-4,9-10,12H2,(H,20,21)/b8-6+. The van der Waals surface area contributed by atoms with Gasteiger partial charge >= 0.3 is 5.97 Å². The Hall–Kier alpha value is -1.84. The van der Waals surface area contributed by atoms with E-state index in [2.05, 4.69) is 9.88 Å². The first-order valence-corrected chi connectivity index (χ1v) is 7.84. The molecule has 1 aliphatic heterocycles. The van der Waals surface area contributed by atoms with Crippen LogP contribution in [-0.4, -0.2) is 29.1 Å². The molecule has 1 saturated heterocycles. The van der Waals surface area contributed by atoms with E-state index in [1.165, 1.54) is 32.1 Å². The summed E-state index contributed by atoms with van der Waals surface area (Å²) in [5.41, 5.74) is 0.828. The van der Waals surface area contributed by atoms with Gasteiger partial charge in [-0.3, -0.25) is 0 Å². The van der Waals surface area contributed by atoms with Gasteiger partial charge in [-0.05, 0) is 48.4 Å². The molecule has 0 aromatic carbocycles. The lowest BCUT2D eigenvalue weighted by Crippen LogP contribution is -2.42. The Balaban J connectivity index is 1.65. The zero-order chi connectivity index (χ0) is 14.7. The molecule has 2 aliphatic rings. The van der Waals surface area contributed by atoms with Gasteiger partial charge in [0.25, 0.3) is 0 Å². The molecule has 2 fully saturated rings. The summed E-state index contributed by atoms with van der Waals surface area (Å²) >= 11 is 0. The number of aromatic nitrogens is 1. The minimum atomic E-state index is -0.932. The summed E-state index contributed by atoms with van der Waals surface area (Å²) in [6, 6.07) is 3.94. The number of pyridine rings is 1. The van der Waals surface area contributed by atoms with Gasteiger partial charge in [0.1, 0.15) is 5.82 Å². The first-order chi connectivity index (χ1) is 10.2. The van der Waals surface area contributed by atoms with Gasteiger partial charge in [0, 0.05) is 25.4 Å². The Morgan fingerprint density at radius 2 is 2.05 bits per heavy atom. The SMILES string of the molecule is O=C(O)/C=C/c1ccc(N2CCC3CCCCC3C2)nc1. The van der Waals surface area contributed by atoms with Crippen LogP contribution in [0.1, 0.15) is 37.7 Å². The van der Waals surface area contributed by atoms with Crippen LogP contribution in [0.3, 0.4) is 0 Å². The van der Waals surface area contributed by atoms with E-state index < -0.39 is 5.97 Å². The van der Waals surface area contributed by atoms with E-state index in [0.29, 0.717) is 0 Å². The number of nitrogens with zero attached hydrogens (tertiary/aromatic N) is 2. The van der Waals surface area contributed by atoms with Crippen LogP contribution in [0.2, 0.25) is 0 Å². The number of hydrogen-bond acceptors (Lipinski definition) is 3. The second kappa shape index (κ2) is 6.29. The van der Waals surface area contributed by atoms with Crippen LogP contribution in [0.15, 0.2) is 24.4 Å². The van der Waals surface area contributed by atoms with Gasteiger partial charge in [-0.1, -0.05) is 19.3 Å². The largest absolute Gasteiger partial charge is 0.478 e. The first-order valence-electron chi connectivity index (χ1n) is 7.84. The van der Waals surface area contributed by atoms with Crippen molar-refractivity contribution in [1.29, 1.82) is 0 Å². The topological polar surface area (TPSA) is 53.4 Å². The molecule has 4 nitrogen and oxygen atoms in total. The number of piperidine rings is 1. The zero-order valence-electron chi connectivity index (χ0n) is 12.2. The van der Waals surface area contributed by atoms with E-state index in [-0.39, 0.29) is 0 Å². The second-order valence-electron chi connectivity index (χ2n) is 6.16. The minimum Gasteiger partial charge on any atom is -0.478 e. The monoisotopic (exact) mass is 286 g/mol. The maximum Gasteiger partial charge on any atom is 0.328 e. The summed E-state index contributed by atoms with van der Waals surface area (Å²) in [4.78, 5) is 17.4. The first kappa shape index (κ1) is 14.1. The lowest BCUT2D eigenvalue weighted by Gasteiger charge is -2.41. The van der Waals surface area contributed by atoms with Crippen molar-refractivity contribution < 1.29 is 9.90 Å². The van der Waals surface area contributed by atoms with Crippen molar-refractivity contribution in [2.75, 3.05) is 18.0 Å². The maximum absolute atomic E-state index is 10.5. The van der Waals surface area contributed by atoms with E-state index in [4.69, 9.17) is 5.11 Å². The molecule has 1 N–H and O–H groups in total. The van der Waals surface area contributed by atoms with E-state index in [0.717, 1.165) is 42.4 Å². The average molecular weight is 286 g/mol. The van der Waals surface area contributed by atoms with Crippen LogP contribution in [0.5, 0.6) is 0 Å². The normalized spacial score (nSPS) is 25.8. The Bertz CT molecular complexity index is 524. The van der Waals surface area contributed by atoms with E-state index >= 15 is 0 Å². The molecule has 1 aromatic rings. The van der Waals surface area contributed by atoms with Crippen LogP contribution >= 0.6 is 0 Å². The lowest BCUT2D eigenvalue weighted by molar-refractivity contribution is -0.131. The van der Waals surface area contributed by atoms with Crippen molar-refractivity contribution in [1.82, 2.24) is 4.98 Å². The van der Waals surface area contributed by atoms with E-state index in [1.807, 2.05) is 12.1 Å². The molecule has 0 radical (unpaired) electrons. The summed E-state index contributed by atoms with van der Waals surface area (Å²) in [5.74, 6) is 1.85. The number of fused-ring (bicyclic) bond motifs is 1. The molecular weight excluding hydrogens is 264 g/mol. The van der Waals surface area contributed by atoms with E-state index in [9.17, 15) is 4.79 Å². The summed E-state index contributed by atoms with van der Waals surface area (Å²) in [6.07, 6.45) is 11.3.